The predicted octanol–water partition coefficient (Wildman–Crippen LogP) is 7.45. The smallest absolute Gasteiger partial charge is 0.195 e. The number of para-hydroxylation sites is 1. The van der Waals surface area contributed by atoms with E-state index in [9.17, 15) is 4.79 Å². The second-order valence-electron chi connectivity index (χ2n) is 8.33. The zero-order chi connectivity index (χ0) is 20.9. The Morgan fingerprint density at radius 1 is 0.724 bits per heavy atom. The van der Waals surface area contributed by atoms with Crippen molar-refractivity contribution in [2.75, 3.05) is 19.0 Å². The summed E-state index contributed by atoms with van der Waals surface area (Å²) in [4.78, 5) is 15.1. The number of rotatable bonds is 14. The average molecular weight is 394 g/mol. The fourth-order valence-electron chi connectivity index (χ4n) is 4.05. The molecule has 29 heavy (non-hydrogen) atoms. The molecule has 2 nitrogen and oxygen atoms in total. The first-order valence-corrected chi connectivity index (χ1v) is 11.5. The molecular formula is C27H39NO. The van der Waals surface area contributed by atoms with Crippen LogP contribution in [0.4, 0.5) is 5.69 Å². The van der Waals surface area contributed by atoms with Gasteiger partial charge in [-0.2, -0.15) is 0 Å². The molecular weight excluding hydrogens is 354 g/mol. The van der Waals surface area contributed by atoms with Gasteiger partial charge < -0.3 is 4.90 Å². The standard InChI is InChI=1S/C27H39NO/c1-4-5-6-7-8-9-10-11-12-14-18-23-21-17-22-25(26(23)28(2)3)27(29)24-19-15-13-16-20-24/h13,15-17,19-22H,4-12,14,18H2,1-3H3. The van der Waals surface area contributed by atoms with Gasteiger partial charge in [0.25, 0.3) is 0 Å². The summed E-state index contributed by atoms with van der Waals surface area (Å²) in [5, 5.41) is 0. The van der Waals surface area contributed by atoms with E-state index in [0.29, 0.717) is 0 Å². The Morgan fingerprint density at radius 2 is 1.31 bits per heavy atom. The van der Waals surface area contributed by atoms with Gasteiger partial charge in [-0.1, -0.05) is 107 Å². The quantitative estimate of drug-likeness (QED) is 0.245. The van der Waals surface area contributed by atoms with Gasteiger partial charge in [0.05, 0.1) is 5.69 Å². The summed E-state index contributed by atoms with van der Waals surface area (Å²) in [6, 6.07) is 15.8. The summed E-state index contributed by atoms with van der Waals surface area (Å²) in [5.41, 5.74) is 3.94. The van der Waals surface area contributed by atoms with Gasteiger partial charge in [-0.05, 0) is 24.5 Å². The first-order chi connectivity index (χ1) is 14.1. The number of anilines is 1. The second-order valence-corrected chi connectivity index (χ2v) is 8.33. The minimum absolute atomic E-state index is 0.110. The first-order valence-electron chi connectivity index (χ1n) is 11.5. The van der Waals surface area contributed by atoms with Crippen LogP contribution in [-0.2, 0) is 6.42 Å². The molecule has 0 unspecified atom stereocenters. The van der Waals surface area contributed by atoms with Gasteiger partial charge in [0.2, 0.25) is 0 Å². The molecule has 2 rings (SSSR count). The van der Waals surface area contributed by atoms with Crippen molar-refractivity contribution in [1.29, 1.82) is 0 Å². The van der Waals surface area contributed by atoms with Gasteiger partial charge in [-0.15, -0.1) is 0 Å². The monoisotopic (exact) mass is 393 g/mol. The fraction of sp³-hybridized carbons (Fsp3) is 0.519. The number of carbonyl (C=O) groups excluding carboxylic acids is 1. The molecule has 0 N–H and O–H groups in total. The highest BCUT2D eigenvalue weighted by Crippen LogP contribution is 2.28. The van der Waals surface area contributed by atoms with Crippen LogP contribution in [0.1, 0.15) is 92.6 Å². The van der Waals surface area contributed by atoms with E-state index in [-0.39, 0.29) is 5.78 Å². The Morgan fingerprint density at radius 3 is 1.90 bits per heavy atom. The molecule has 0 aliphatic heterocycles. The Kier molecular flexibility index (Phi) is 10.5. The topological polar surface area (TPSA) is 20.3 Å². The van der Waals surface area contributed by atoms with Gasteiger partial charge in [0.15, 0.2) is 5.78 Å². The fourth-order valence-corrected chi connectivity index (χ4v) is 4.05. The molecule has 0 radical (unpaired) electrons. The lowest BCUT2D eigenvalue weighted by atomic mass is 9.95. The lowest BCUT2D eigenvalue weighted by molar-refractivity contribution is 0.103. The number of carbonyl (C=O) groups is 1. The van der Waals surface area contributed by atoms with Crippen LogP contribution in [0, 0.1) is 0 Å². The van der Waals surface area contributed by atoms with E-state index in [4.69, 9.17) is 0 Å². The largest absolute Gasteiger partial charge is 0.377 e. The SMILES string of the molecule is CCCCCCCCCCCCc1cccc(C(=O)c2ccccc2)c1N(C)C. The summed E-state index contributed by atoms with van der Waals surface area (Å²) in [5.74, 6) is 0.110. The molecule has 158 valence electrons. The zero-order valence-corrected chi connectivity index (χ0v) is 18.8. The minimum atomic E-state index is 0.110. The molecule has 2 heteroatoms. The van der Waals surface area contributed by atoms with E-state index < -0.39 is 0 Å². The van der Waals surface area contributed by atoms with Gasteiger partial charge in [0.1, 0.15) is 0 Å². The molecule has 2 aromatic rings. The van der Waals surface area contributed by atoms with Crippen molar-refractivity contribution in [3.63, 3.8) is 0 Å². The third-order valence-electron chi connectivity index (χ3n) is 5.65. The highest BCUT2D eigenvalue weighted by Gasteiger charge is 2.17. The summed E-state index contributed by atoms with van der Waals surface area (Å²) in [6.07, 6.45) is 14.5. The second kappa shape index (κ2) is 13.2. The van der Waals surface area contributed by atoms with Crippen LogP contribution < -0.4 is 4.90 Å². The Balaban J connectivity index is 1.87. The normalized spacial score (nSPS) is 10.9. The molecule has 0 fully saturated rings. The van der Waals surface area contributed by atoms with Crippen molar-refractivity contribution in [2.24, 2.45) is 0 Å². The zero-order valence-electron chi connectivity index (χ0n) is 18.8. The molecule has 0 saturated heterocycles. The van der Waals surface area contributed by atoms with E-state index in [1.54, 1.807) is 0 Å². The van der Waals surface area contributed by atoms with Gasteiger partial charge in [0, 0.05) is 25.2 Å². The van der Waals surface area contributed by atoms with E-state index >= 15 is 0 Å². The number of hydrogen-bond acceptors (Lipinski definition) is 2. The molecule has 0 spiro atoms. The molecule has 0 bridgehead atoms. The molecule has 0 heterocycles. The molecule has 0 atom stereocenters. The van der Waals surface area contributed by atoms with Crippen LogP contribution in [0.5, 0.6) is 0 Å². The molecule has 0 saturated carbocycles. The highest BCUT2D eigenvalue weighted by molar-refractivity contribution is 6.12. The highest BCUT2D eigenvalue weighted by atomic mass is 16.1. The van der Waals surface area contributed by atoms with E-state index in [1.807, 2.05) is 56.6 Å². The number of aryl methyl sites for hydroxylation is 1. The predicted molar refractivity (Wildman–Crippen MR) is 126 cm³/mol. The number of unbranched alkanes of at least 4 members (excludes halogenated alkanes) is 9. The molecule has 0 amide bonds. The lowest BCUT2D eigenvalue weighted by Gasteiger charge is -2.21. The van der Waals surface area contributed by atoms with Crippen molar-refractivity contribution in [1.82, 2.24) is 0 Å². The summed E-state index contributed by atoms with van der Waals surface area (Å²) < 4.78 is 0. The van der Waals surface area contributed by atoms with Gasteiger partial charge in [-0.25, -0.2) is 0 Å². The van der Waals surface area contributed by atoms with Crippen molar-refractivity contribution >= 4 is 11.5 Å². The van der Waals surface area contributed by atoms with Crippen LogP contribution in [0.3, 0.4) is 0 Å². The first kappa shape index (κ1) is 23.2. The minimum Gasteiger partial charge on any atom is -0.377 e. The maximum atomic E-state index is 13.0. The maximum Gasteiger partial charge on any atom is 0.195 e. The third kappa shape index (κ3) is 7.68. The molecule has 0 aromatic heterocycles. The van der Waals surface area contributed by atoms with E-state index in [1.165, 1.54) is 69.8 Å². The van der Waals surface area contributed by atoms with Crippen LogP contribution in [0.25, 0.3) is 0 Å². The summed E-state index contributed by atoms with van der Waals surface area (Å²) in [7, 11) is 4.08. The number of ketones is 1. The Hall–Kier alpha value is -2.09. The maximum absolute atomic E-state index is 13.0. The molecule has 0 aliphatic carbocycles. The van der Waals surface area contributed by atoms with Crippen LogP contribution >= 0.6 is 0 Å². The van der Waals surface area contributed by atoms with Gasteiger partial charge in [-0.3, -0.25) is 4.79 Å². The Bertz CT molecular complexity index is 721. The Labute approximate surface area is 178 Å². The van der Waals surface area contributed by atoms with Crippen molar-refractivity contribution in [3.8, 4) is 0 Å². The van der Waals surface area contributed by atoms with Crippen molar-refractivity contribution in [2.45, 2.75) is 77.6 Å². The van der Waals surface area contributed by atoms with Crippen molar-refractivity contribution in [3.05, 3.63) is 65.2 Å². The molecule has 2 aromatic carbocycles. The third-order valence-corrected chi connectivity index (χ3v) is 5.65. The number of hydrogen-bond donors (Lipinski definition) is 0. The number of benzene rings is 2. The van der Waals surface area contributed by atoms with Gasteiger partial charge >= 0.3 is 0 Å². The lowest BCUT2D eigenvalue weighted by Crippen LogP contribution is -2.17. The van der Waals surface area contributed by atoms with E-state index in [2.05, 4.69) is 17.9 Å². The molecule has 0 aliphatic rings. The summed E-state index contributed by atoms with van der Waals surface area (Å²) in [6.45, 7) is 2.27. The summed E-state index contributed by atoms with van der Waals surface area (Å²) >= 11 is 0. The van der Waals surface area contributed by atoms with Crippen molar-refractivity contribution < 1.29 is 4.79 Å². The average Bonchev–Trinajstić information content (AvgIpc) is 2.74. The number of nitrogens with zero attached hydrogens (tertiary/aromatic N) is 1. The van der Waals surface area contributed by atoms with Crippen LogP contribution in [0.15, 0.2) is 48.5 Å². The van der Waals surface area contributed by atoms with Crippen LogP contribution in [0.2, 0.25) is 0 Å². The van der Waals surface area contributed by atoms with Crippen LogP contribution in [-0.4, -0.2) is 19.9 Å². The van der Waals surface area contributed by atoms with E-state index in [0.717, 1.165) is 23.2 Å².